The second-order valence-corrected chi connectivity index (χ2v) is 11.5. The summed E-state index contributed by atoms with van der Waals surface area (Å²) in [5.74, 6) is 0.246. The molecule has 0 amide bonds. The number of rotatable bonds is 7. The summed E-state index contributed by atoms with van der Waals surface area (Å²) >= 11 is 1.33. The molecule has 3 heterocycles. The van der Waals surface area contributed by atoms with Crippen molar-refractivity contribution in [3.8, 4) is 11.4 Å². The van der Waals surface area contributed by atoms with Gasteiger partial charge in [0.25, 0.3) is 5.56 Å². The van der Waals surface area contributed by atoms with E-state index in [1.54, 1.807) is 11.5 Å². The van der Waals surface area contributed by atoms with E-state index in [0.717, 1.165) is 34.0 Å². The van der Waals surface area contributed by atoms with Crippen molar-refractivity contribution in [2.24, 2.45) is 4.99 Å². The van der Waals surface area contributed by atoms with Gasteiger partial charge in [-0.3, -0.25) is 9.36 Å². The van der Waals surface area contributed by atoms with Crippen LogP contribution in [0, 0.1) is 20.8 Å². The predicted molar refractivity (Wildman–Crippen MR) is 163 cm³/mol. The minimum atomic E-state index is -0.671. The van der Waals surface area contributed by atoms with Crippen molar-refractivity contribution in [2.45, 2.75) is 60.6 Å². The third kappa shape index (κ3) is 5.44. The van der Waals surface area contributed by atoms with Crippen LogP contribution in [-0.2, 0) is 9.53 Å². The third-order valence-electron chi connectivity index (χ3n) is 7.14. The lowest BCUT2D eigenvalue weighted by molar-refractivity contribution is -0.143. The first kappa shape index (κ1) is 28.4. The van der Waals surface area contributed by atoms with Crippen LogP contribution in [0.4, 0.5) is 0 Å². The predicted octanol–water partition coefficient (Wildman–Crippen LogP) is 5.30. The number of thiazole rings is 1. The molecule has 0 radical (unpaired) electrons. The van der Waals surface area contributed by atoms with E-state index in [9.17, 15) is 9.59 Å². The molecule has 7 nitrogen and oxygen atoms in total. The van der Waals surface area contributed by atoms with Gasteiger partial charge in [0.15, 0.2) is 4.80 Å². The molecule has 212 valence electrons. The summed E-state index contributed by atoms with van der Waals surface area (Å²) in [5.41, 5.74) is 6.83. The summed E-state index contributed by atoms with van der Waals surface area (Å²) in [6.07, 6.45) is 1.62. The Balaban J connectivity index is 1.66. The third-order valence-corrected chi connectivity index (χ3v) is 8.12. The topological polar surface area (TPSA) is 74.8 Å². The lowest BCUT2D eigenvalue weighted by atomic mass is 9.96. The zero-order valence-corrected chi connectivity index (χ0v) is 25.3. The lowest BCUT2D eigenvalue weighted by Gasteiger charge is -2.25. The first-order chi connectivity index (χ1) is 19.6. The SMILES string of the molecule is CCOc1ccc([C@@H]2C(C(=O)OC(C)C)=C(C)N=c3s/c(=C/c4cc(C)n(-c5ccc(C)cc5)c4C)c(=O)n32)cc1. The largest absolute Gasteiger partial charge is 0.494 e. The molecule has 1 atom stereocenters. The highest BCUT2D eigenvalue weighted by Crippen LogP contribution is 2.32. The van der Waals surface area contributed by atoms with Crippen molar-refractivity contribution in [1.82, 2.24) is 9.13 Å². The van der Waals surface area contributed by atoms with E-state index in [0.29, 0.717) is 27.2 Å². The van der Waals surface area contributed by atoms with Gasteiger partial charge in [-0.25, -0.2) is 9.79 Å². The molecule has 8 heteroatoms. The molecular weight excluding hydrogens is 534 g/mol. The quantitative estimate of drug-likeness (QED) is 0.283. The summed E-state index contributed by atoms with van der Waals surface area (Å²) in [4.78, 5) is 32.7. The molecule has 0 fully saturated rings. The van der Waals surface area contributed by atoms with Gasteiger partial charge in [-0.2, -0.15) is 0 Å². The molecule has 1 aliphatic rings. The molecule has 0 N–H and O–H groups in total. The Morgan fingerprint density at radius 3 is 2.37 bits per heavy atom. The summed E-state index contributed by atoms with van der Waals surface area (Å²) in [6.45, 7) is 14.1. The zero-order valence-electron chi connectivity index (χ0n) is 24.5. The van der Waals surface area contributed by atoms with Crippen molar-refractivity contribution in [3.05, 3.63) is 114 Å². The number of aromatic nitrogens is 2. The van der Waals surface area contributed by atoms with Gasteiger partial charge in [0.1, 0.15) is 5.75 Å². The average Bonchev–Trinajstić information content (AvgIpc) is 3.38. The highest BCUT2D eigenvalue weighted by Gasteiger charge is 2.33. The molecule has 41 heavy (non-hydrogen) atoms. The van der Waals surface area contributed by atoms with E-state index in [2.05, 4.69) is 55.7 Å². The molecule has 0 unspecified atom stereocenters. The van der Waals surface area contributed by atoms with Gasteiger partial charge in [0, 0.05) is 17.1 Å². The molecule has 4 aromatic rings. The maximum Gasteiger partial charge on any atom is 0.338 e. The molecule has 0 spiro atoms. The number of carbonyl (C=O) groups is 1. The van der Waals surface area contributed by atoms with E-state index >= 15 is 0 Å². The number of benzene rings is 2. The van der Waals surface area contributed by atoms with E-state index in [4.69, 9.17) is 14.5 Å². The highest BCUT2D eigenvalue weighted by atomic mass is 32.1. The Labute approximate surface area is 243 Å². The van der Waals surface area contributed by atoms with E-state index in [1.165, 1.54) is 16.9 Å². The molecule has 0 aliphatic carbocycles. The first-order valence-electron chi connectivity index (χ1n) is 13.8. The fourth-order valence-corrected chi connectivity index (χ4v) is 6.29. The number of aryl methyl sites for hydroxylation is 2. The molecule has 0 saturated heterocycles. The van der Waals surface area contributed by atoms with E-state index < -0.39 is 12.0 Å². The van der Waals surface area contributed by atoms with Crippen LogP contribution in [0.1, 0.15) is 61.8 Å². The van der Waals surface area contributed by atoms with Crippen molar-refractivity contribution < 1.29 is 14.3 Å². The van der Waals surface area contributed by atoms with Gasteiger partial charge in [0.05, 0.1) is 34.6 Å². The number of ether oxygens (including phenoxy) is 2. The minimum Gasteiger partial charge on any atom is -0.494 e. The van der Waals surface area contributed by atoms with Gasteiger partial charge in [-0.15, -0.1) is 0 Å². The second kappa shape index (κ2) is 11.4. The molecule has 0 saturated carbocycles. The maximum absolute atomic E-state index is 14.1. The lowest BCUT2D eigenvalue weighted by Crippen LogP contribution is -2.40. The molecule has 0 bridgehead atoms. The first-order valence-corrected chi connectivity index (χ1v) is 14.6. The Morgan fingerprint density at radius 2 is 1.73 bits per heavy atom. The Kier molecular flexibility index (Phi) is 7.87. The fraction of sp³-hybridized carbons (Fsp3) is 0.303. The van der Waals surface area contributed by atoms with Crippen LogP contribution in [0.3, 0.4) is 0 Å². The summed E-state index contributed by atoms with van der Waals surface area (Å²) in [7, 11) is 0. The molecule has 2 aromatic heterocycles. The van der Waals surface area contributed by atoms with E-state index in [1.807, 2.05) is 51.1 Å². The zero-order chi connectivity index (χ0) is 29.4. The van der Waals surface area contributed by atoms with Crippen molar-refractivity contribution >= 4 is 23.4 Å². The van der Waals surface area contributed by atoms with Gasteiger partial charge in [0.2, 0.25) is 0 Å². The van der Waals surface area contributed by atoms with Crippen LogP contribution >= 0.6 is 11.3 Å². The van der Waals surface area contributed by atoms with Crippen LogP contribution < -0.4 is 19.6 Å². The molecule has 2 aromatic carbocycles. The molecule has 5 rings (SSSR count). The minimum absolute atomic E-state index is 0.199. The Bertz CT molecular complexity index is 1820. The fourth-order valence-electron chi connectivity index (χ4n) is 5.25. The van der Waals surface area contributed by atoms with Gasteiger partial charge >= 0.3 is 5.97 Å². The normalized spacial score (nSPS) is 15.2. The van der Waals surface area contributed by atoms with Gasteiger partial charge in [-0.1, -0.05) is 41.2 Å². The Hall–Kier alpha value is -4.17. The number of hydrogen-bond acceptors (Lipinski definition) is 6. The van der Waals surface area contributed by atoms with Crippen LogP contribution in [0.15, 0.2) is 75.7 Å². The number of esters is 1. The highest BCUT2D eigenvalue weighted by molar-refractivity contribution is 7.07. The van der Waals surface area contributed by atoms with Crippen LogP contribution in [0.5, 0.6) is 5.75 Å². The van der Waals surface area contributed by atoms with Gasteiger partial charge in [-0.05, 0) is 96.0 Å². The monoisotopic (exact) mass is 569 g/mol. The van der Waals surface area contributed by atoms with Crippen molar-refractivity contribution in [1.29, 1.82) is 0 Å². The Morgan fingerprint density at radius 1 is 1.05 bits per heavy atom. The standard InChI is InChI=1S/C33H35N3O4S/c1-8-39-27-15-11-24(12-16-27)30-29(32(38)40-19(2)3)22(6)34-33-36(30)31(37)28(41-33)18-25-17-21(5)35(23(25)7)26-13-9-20(4)10-14-26/h9-19,30H,8H2,1-7H3/b28-18+/t30-/m1/s1. The second-order valence-electron chi connectivity index (χ2n) is 10.5. The van der Waals surface area contributed by atoms with Crippen molar-refractivity contribution in [2.75, 3.05) is 6.61 Å². The number of hydrogen-bond donors (Lipinski definition) is 0. The number of fused-ring (bicyclic) bond motifs is 1. The smallest absolute Gasteiger partial charge is 0.338 e. The number of nitrogens with zero attached hydrogens (tertiary/aromatic N) is 3. The summed E-state index contributed by atoms with van der Waals surface area (Å²) in [5, 5.41) is 0. The molecular formula is C33H35N3O4S. The summed E-state index contributed by atoms with van der Waals surface area (Å²) in [6, 6.07) is 17.3. The van der Waals surface area contributed by atoms with Crippen LogP contribution in [0.25, 0.3) is 11.8 Å². The average molecular weight is 570 g/mol. The van der Waals surface area contributed by atoms with Gasteiger partial charge < -0.3 is 14.0 Å². The van der Waals surface area contributed by atoms with Crippen LogP contribution in [0.2, 0.25) is 0 Å². The number of allylic oxidation sites excluding steroid dienone is 1. The summed E-state index contributed by atoms with van der Waals surface area (Å²) < 4.78 is 15.6. The van der Waals surface area contributed by atoms with Crippen molar-refractivity contribution in [3.63, 3.8) is 0 Å². The maximum atomic E-state index is 14.1. The van der Waals surface area contributed by atoms with E-state index in [-0.39, 0.29) is 11.7 Å². The number of carbonyl (C=O) groups excluding carboxylic acids is 1. The van der Waals surface area contributed by atoms with Crippen LogP contribution in [-0.4, -0.2) is 27.8 Å². The molecule has 1 aliphatic heterocycles.